The van der Waals surface area contributed by atoms with Gasteiger partial charge in [-0.3, -0.25) is 14.9 Å². The standard InChI is InChI=1S/C12H10FNO3/c1-2-17-10-4-3-7(5-9(10)13)8-6-11(15)14-12(8)16/h3-6H,2H2,1H3,(H,14,15,16). The summed E-state index contributed by atoms with van der Waals surface area (Å²) in [6.07, 6.45) is 1.15. The molecule has 1 N–H and O–H groups in total. The summed E-state index contributed by atoms with van der Waals surface area (Å²) in [7, 11) is 0. The highest BCUT2D eigenvalue weighted by molar-refractivity contribution is 6.33. The molecule has 0 saturated carbocycles. The van der Waals surface area contributed by atoms with Crippen molar-refractivity contribution in [2.24, 2.45) is 0 Å². The number of amides is 2. The van der Waals surface area contributed by atoms with Crippen molar-refractivity contribution in [3.05, 3.63) is 35.7 Å². The Hall–Kier alpha value is -2.17. The number of hydrogen-bond acceptors (Lipinski definition) is 3. The summed E-state index contributed by atoms with van der Waals surface area (Å²) in [5.41, 5.74) is 0.520. The molecule has 17 heavy (non-hydrogen) atoms. The fourth-order valence-electron chi connectivity index (χ4n) is 1.57. The van der Waals surface area contributed by atoms with E-state index in [4.69, 9.17) is 4.74 Å². The Morgan fingerprint density at radius 3 is 2.65 bits per heavy atom. The number of nitrogens with one attached hydrogen (secondary N) is 1. The molecule has 0 spiro atoms. The van der Waals surface area contributed by atoms with E-state index in [0.29, 0.717) is 12.2 Å². The zero-order valence-electron chi connectivity index (χ0n) is 9.12. The van der Waals surface area contributed by atoms with E-state index in [1.807, 2.05) is 0 Å². The number of hydrogen-bond donors (Lipinski definition) is 1. The number of carbonyl (C=O) groups excluding carboxylic acids is 2. The van der Waals surface area contributed by atoms with Gasteiger partial charge >= 0.3 is 0 Å². The van der Waals surface area contributed by atoms with Gasteiger partial charge in [0.2, 0.25) is 0 Å². The van der Waals surface area contributed by atoms with Crippen LogP contribution in [0.4, 0.5) is 4.39 Å². The highest BCUT2D eigenvalue weighted by Crippen LogP contribution is 2.24. The first-order chi connectivity index (χ1) is 8.11. The molecule has 2 amide bonds. The van der Waals surface area contributed by atoms with Crippen LogP contribution in [-0.4, -0.2) is 18.4 Å². The van der Waals surface area contributed by atoms with Crippen molar-refractivity contribution in [2.75, 3.05) is 6.61 Å². The molecule has 0 atom stereocenters. The Morgan fingerprint density at radius 2 is 2.12 bits per heavy atom. The van der Waals surface area contributed by atoms with Crippen LogP contribution in [-0.2, 0) is 9.59 Å². The summed E-state index contributed by atoms with van der Waals surface area (Å²) in [5, 5.41) is 2.10. The summed E-state index contributed by atoms with van der Waals surface area (Å²) in [4.78, 5) is 22.3. The van der Waals surface area contributed by atoms with Gasteiger partial charge in [-0.1, -0.05) is 6.07 Å². The fourth-order valence-corrected chi connectivity index (χ4v) is 1.57. The van der Waals surface area contributed by atoms with Gasteiger partial charge in [0.15, 0.2) is 11.6 Å². The Kier molecular flexibility index (Phi) is 2.91. The Bertz CT molecular complexity index is 522. The Morgan fingerprint density at radius 1 is 1.35 bits per heavy atom. The predicted molar refractivity (Wildman–Crippen MR) is 58.7 cm³/mol. The maximum absolute atomic E-state index is 13.5. The van der Waals surface area contributed by atoms with Crippen LogP contribution in [0.1, 0.15) is 12.5 Å². The van der Waals surface area contributed by atoms with Crippen LogP contribution < -0.4 is 10.1 Å². The monoisotopic (exact) mass is 235 g/mol. The van der Waals surface area contributed by atoms with Crippen molar-refractivity contribution in [3.8, 4) is 5.75 Å². The Balaban J connectivity index is 2.35. The van der Waals surface area contributed by atoms with Gasteiger partial charge in [0, 0.05) is 6.08 Å². The molecule has 88 valence electrons. The number of halogens is 1. The van der Waals surface area contributed by atoms with E-state index in [1.165, 1.54) is 18.2 Å². The average molecular weight is 235 g/mol. The fraction of sp³-hybridized carbons (Fsp3) is 0.167. The van der Waals surface area contributed by atoms with E-state index < -0.39 is 17.6 Å². The van der Waals surface area contributed by atoms with Crippen LogP contribution in [0.25, 0.3) is 5.57 Å². The molecule has 5 heteroatoms. The molecular weight excluding hydrogens is 225 g/mol. The van der Waals surface area contributed by atoms with Crippen LogP contribution >= 0.6 is 0 Å². The van der Waals surface area contributed by atoms with Crippen molar-refractivity contribution >= 4 is 17.4 Å². The largest absolute Gasteiger partial charge is 0.491 e. The third-order valence-corrected chi connectivity index (χ3v) is 2.30. The summed E-state index contributed by atoms with van der Waals surface area (Å²) in [6, 6.07) is 4.15. The summed E-state index contributed by atoms with van der Waals surface area (Å²) in [5.74, 6) is -1.43. The first-order valence-corrected chi connectivity index (χ1v) is 5.11. The normalized spacial score (nSPS) is 14.6. The molecule has 4 nitrogen and oxygen atoms in total. The third-order valence-electron chi connectivity index (χ3n) is 2.30. The van der Waals surface area contributed by atoms with Crippen molar-refractivity contribution in [3.63, 3.8) is 0 Å². The lowest BCUT2D eigenvalue weighted by molar-refractivity contribution is -0.123. The van der Waals surface area contributed by atoms with E-state index >= 15 is 0 Å². The second-order valence-electron chi connectivity index (χ2n) is 3.45. The van der Waals surface area contributed by atoms with Crippen LogP contribution in [0.5, 0.6) is 5.75 Å². The second-order valence-corrected chi connectivity index (χ2v) is 3.45. The maximum Gasteiger partial charge on any atom is 0.258 e. The molecule has 0 aromatic heterocycles. The molecular formula is C12H10FNO3. The zero-order chi connectivity index (χ0) is 12.4. The SMILES string of the molecule is CCOc1ccc(C2=CC(=O)NC2=O)cc1F. The third kappa shape index (κ3) is 2.18. The number of ether oxygens (including phenoxy) is 1. The molecule has 0 fully saturated rings. The van der Waals surface area contributed by atoms with E-state index in [1.54, 1.807) is 6.92 Å². The molecule has 0 unspecified atom stereocenters. The first-order valence-electron chi connectivity index (χ1n) is 5.11. The van der Waals surface area contributed by atoms with Gasteiger partial charge in [-0.2, -0.15) is 0 Å². The highest BCUT2D eigenvalue weighted by Gasteiger charge is 2.22. The minimum atomic E-state index is -0.558. The Labute approximate surface area is 97.1 Å². The minimum absolute atomic E-state index is 0.126. The van der Waals surface area contributed by atoms with Crippen LogP contribution in [0.15, 0.2) is 24.3 Å². The lowest BCUT2D eigenvalue weighted by atomic mass is 10.1. The molecule has 0 bridgehead atoms. The molecule has 1 aliphatic heterocycles. The smallest absolute Gasteiger partial charge is 0.258 e. The number of benzene rings is 1. The number of carbonyl (C=O) groups is 2. The van der Waals surface area contributed by atoms with Crippen molar-refractivity contribution in [2.45, 2.75) is 6.92 Å². The first kappa shape index (κ1) is 11.3. The predicted octanol–water partition coefficient (Wildman–Crippen LogP) is 1.26. The van der Waals surface area contributed by atoms with Crippen molar-refractivity contribution < 1.29 is 18.7 Å². The lowest BCUT2D eigenvalue weighted by Gasteiger charge is -2.06. The van der Waals surface area contributed by atoms with E-state index in [9.17, 15) is 14.0 Å². The molecule has 1 aliphatic rings. The van der Waals surface area contributed by atoms with Gasteiger partial charge in [-0.05, 0) is 24.6 Å². The average Bonchev–Trinajstić information content (AvgIpc) is 2.61. The minimum Gasteiger partial charge on any atom is -0.491 e. The van der Waals surface area contributed by atoms with Gasteiger partial charge in [0.25, 0.3) is 11.8 Å². The van der Waals surface area contributed by atoms with Gasteiger partial charge in [-0.15, -0.1) is 0 Å². The van der Waals surface area contributed by atoms with Gasteiger partial charge in [0.1, 0.15) is 0 Å². The van der Waals surface area contributed by atoms with Gasteiger partial charge < -0.3 is 4.74 Å². The van der Waals surface area contributed by atoms with Crippen LogP contribution in [0.3, 0.4) is 0 Å². The topological polar surface area (TPSA) is 55.4 Å². The van der Waals surface area contributed by atoms with Gasteiger partial charge in [0.05, 0.1) is 12.2 Å². The van der Waals surface area contributed by atoms with Crippen LogP contribution in [0, 0.1) is 5.82 Å². The van der Waals surface area contributed by atoms with Gasteiger partial charge in [-0.25, -0.2) is 4.39 Å². The highest BCUT2D eigenvalue weighted by atomic mass is 19.1. The van der Waals surface area contributed by atoms with E-state index in [0.717, 1.165) is 6.08 Å². The lowest BCUT2D eigenvalue weighted by Crippen LogP contribution is -2.21. The van der Waals surface area contributed by atoms with E-state index in [2.05, 4.69) is 5.32 Å². The number of rotatable bonds is 3. The maximum atomic E-state index is 13.5. The molecule has 0 radical (unpaired) electrons. The quantitative estimate of drug-likeness (QED) is 0.802. The molecule has 1 aromatic rings. The summed E-state index contributed by atoms with van der Waals surface area (Å²) < 4.78 is 18.6. The second kappa shape index (κ2) is 4.37. The van der Waals surface area contributed by atoms with E-state index in [-0.39, 0.29) is 11.3 Å². The molecule has 2 rings (SSSR count). The summed E-state index contributed by atoms with van der Waals surface area (Å²) >= 11 is 0. The number of imide groups is 1. The summed E-state index contributed by atoms with van der Waals surface area (Å²) in [6.45, 7) is 2.11. The van der Waals surface area contributed by atoms with Crippen molar-refractivity contribution in [1.29, 1.82) is 0 Å². The molecule has 0 aliphatic carbocycles. The molecule has 0 saturated heterocycles. The zero-order valence-corrected chi connectivity index (χ0v) is 9.12. The molecule has 1 heterocycles. The van der Waals surface area contributed by atoms with Crippen LogP contribution in [0.2, 0.25) is 0 Å². The molecule has 1 aromatic carbocycles. The van der Waals surface area contributed by atoms with Crippen molar-refractivity contribution in [1.82, 2.24) is 5.32 Å².